The van der Waals surface area contributed by atoms with Crippen LogP contribution in [0.4, 0.5) is 13.2 Å². The van der Waals surface area contributed by atoms with Crippen molar-refractivity contribution >= 4 is 5.91 Å². The molecule has 0 radical (unpaired) electrons. The third-order valence-corrected chi connectivity index (χ3v) is 5.13. The first-order valence-electron chi connectivity index (χ1n) is 9.22. The molecule has 11 heteroatoms. The lowest BCUT2D eigenvalue weighted by atomic mass is 9.86. The Bertz CT molecular complexity index is 854. The summed E-state index contributed by atoms with van der Waals surface area (Å²) in [6, 6.07) is 4.91. The predicted molar refractivity (Wildman–Crippen MR) is 91.4 cm³/mol. The molecule has 2 aliphatic rings. The standard InChI is InChI=1S/C18H19F3N4O4/c19-18(20,21)17(16-23-15(24-29-16)12-4-1-2-6-22-12)5-7-25(11-17)13(26)10-14-27-8-3-9-28-14/h1-2,4,6,14H,3,5,7-11H2. The summed E-state index contributed by atoms with van der Waals surface area (Å²) in [7, 11) is 0. The Morgan fingerprint density at radius 2 is 2.07 bits per heavy atom. The molecule has 2 aliphatic heterocycles. The van der Waals surface area contributed by atoms with Gasteiger partial charge in [0, 0.05) is 19.3 Å². The van der Waals surface area contributed by atoms with E-state index in [0.717, 1.165) is 11.3 Å². The largest absolute Gasteiger partial charge is 0.405 e. The highest BCUT2D eigenvalue weighted by molar-refractivity contribution is 5.77. The lowest BCUT2D eigenvalue weighted by Gasteiger charge is -2.29. The number of hydrogen-bond acceptors (Lipinski definition) is 7. The molecule has 29 heavy (non-hydrogen) atoms. The van der Waals surface area contributed by atoms with Crippen LogP contribution in [0, 0.1) is 0 Å². The first kappa shape index (κ1) is 19.8. The second kappa shape index (κ2) is 7.71. The first-order valence-corrected chi connectivity index (χ1v) is 9.22. The minimum atomic E-state index is -4.67. The van der Waals surface area contributed by atoms with Crippen LogP contribution >= 0.6 is 0 Å². The van der Waals surface area contributed by atoms with Gasteiger partial charge < -0.3 is 18.9 Å². The number of carbonyl (C=O) groups excluding carboxylic acids is 1. The molecule has 8 nitrogen and oxygen atoms in total. The Labute approximate surface area is 164 Å². The molecule has 2 aromatic rings. The van der Waals surface area contributed by atoms with Gasteiger partial charge in [-0.3, -0.25) is 9.78 Å². The van der Waals surface area contributed by atoms with Crippen molar-refractivity contribution in [2.45, 2.75) is 37.1 Å². The first-order chi connectivity index (χ1) is 13.9. The lowest BCUT2D eigenvalue weighted by Crippen LogP contribution is -2.46. The third-order valence-electron chi connectivity index (χ3n) is 5.13. The molecule has 2 fully saturated rings. The third kappa shape index (κ3) is 3.84. The number of halogens is 3. The molecule has 0 bridgehead atoms. The van der Waals surface area contributed by atoms with E-state index in [-0.39, 0.29) is 25.2 Å². The predicted octanol–water partition coefficient (Wildman–Crippen LogP) is 2.32. The van der Waals surface area contributed by atoms with Crippen LogP contribution in [0.2, 0.25) is 0 Å². The van der Waals surface area contributed by atoms with E-state index in [4.69, 9.17) is 14.0 Å². The van der Waals surface area contributed by atoms with E-state index >= 15 is 0 Å². The minimum absolute atomic E-state index is 0.0296. The zero-order valence-electron chi connectivity index (χ0n) is 15.4. The van der Waals surface area contributed by atoms with E-state index in [9.17, 15) is 18.0 Å². The Hall–Kier alpha value is -2.53. The van der Waals surface area contributed by atoms with Gasteiger partial charge in [0.05, 0.1) is 19.6 Å². The highest BCUT2D eigenvalue weighted by Crippen LogP contribution is 2.47. The summed E-state index contributed by atoms with van der Waals surface area (Å²) < 4.78 is 57.9. The average Bonchev–Trinajstić information content (AvgIpc) is 3.37. The van der Waals surface area contributed by atoms with Crippen LogP contribution in [0.5, 0.6) is 0 Å². The van der Waals surface area contributed by atoms with Crippen LogP contribution in [0.15, 0.2) is 28.9 Å². The Morgan fingerprint density at radius 1 is 1.28 bits per heavy atom. The fraction of sp³-hybridized carbons (Fsp3) is 0.556. The van der Waals surface area contributed by atoms with E-state index in [0.29, 0.717) is 18.9 Å². The fourth-order valence-corrected chi connectivity index (χ4v) is 3.49. The van der Waals surface area contributed by atoms with Crippen LogP contribution in [0.25, 0.3) is 11.5 Å². The van der Waals surface area contributed by atoms with Gasteiger partial charge in [-0.2, -0.15) is 18.2 Å². The number of likely N-dealkylation sites (tertiary alicyclic amines) is 1. The van der Waals surface area contributed by atoms with Crippen molar-refractivity contribution in [3.8, 4) is 11.5 Å². The van der Waals surface area contributed by atoms with Gasteiger partial charge >= 0.3 is 6.18 Å². The zero-order valence-corrected chi connectivity index (χ0v) is 15.4. The molecule has 0 aliphatic carbocycles. The number of pyridine rings is 1. The molecule has 2 saturated heterocycles. The van der Waals surface area contributed by atoms with Crippen LogP contribution in [-0.4, -0.2) is 64.7 Å². The molecule has 2 aromatic heterocycles. The maximum absolute atomic E-state index is 14.1. The van der Waals surface area contributed by atoms with E-state index in [1.165, 1.54) is 6.20 Å². The molecule has 0 aromatic carbocycles. The Balaban J connectivity index is 1.54. The van der Waals surface area contributed by atoms with Crippen molar-refractivity contribution in [2.24, 2.45) is 0 Å². The number of hydrogen-bond donors (Lipinski definition) is 0. The van der Waals surface area contributed by atoms with Crippen molar-refractivity contribution in [1.29, 1.82) is 0 Å². The van der Waals surface area contributed by atoms with Gasteiger partial charge in [-0.25, -0.2) is 0 Å². The van der Waals surface area contributed by atoms with Gasteiger partial charge in [0.2, 0.25) is 17.6 Å². The molecule has 0 spiro atoms. The van der Waals surface area contributed by atoms with Crippen molar-refractivity contribution in [3.63, 3.8) is 0 Å². The van der Waals surface area contributed by atoms with E-state index in [1.807, 2.05) is 0 Å². The summed E-state index contributed by atoms with van der Waals surface area (Å²) in [5, 5.41) is 3.66. The highest BCUT2D eigenvalue weighted by atomic mass is 19.4. The summed E-state index contributed by atoms with van der Waals surface area (Å²) in [5.74, 6) is -1.06. The van der Waals surface area contributed by atoms with Crippen molar-refractivity contribution in [2.75, 3.05) is 26.3 Å². The van der Waals surface area contributed by atoms with E-state index < -0.39 is 36.2 Å². The van der Waals surface area contributed by atoms with E-state index in [2.05, 4.69) is 15.1 Å². The van der Waals surface area contributed by atoms with Crippen LogP contribution < -0.4 is 0 Å². The molecule has 1 unspecified atom stereocenters. The van der Waals surface area contributed by atoms with E-state index in [1.54, 1.807) is 18.2 Å². The average molecular weight is 412 g/mol. The topological polar surface area (TPSA) is 90.6 Å². The molecular weight excluding hydrogens is 393 g/mol. The Kier molecular flexibility index (Phi) is 5.26. The highest BCUT2D eigenvalue weighted by Gasteiger charge is 2.63. The normalized spacial score (nSPS) is 23.5. The zero-order chi connectivity index (χ0) is 20.5. The summed E-state index contributed by atoms with van der Waals surface area (Å²) >= 11 is 0. The van der Waals surface area contributed by atoms with Crippen LogP contribution in [-0.2, 0) is 19.7 Å². The monoisotopic (exact) mass is 412 g/mol. The Morgan fingerprint density at radius 3 is 2.76 bits per heavy atom. The second-order valence-corrected chi connectivity index (χ2v) is 7.01. The summed E-state index contributed by atoms with van der Waals surface area (Å²) in [6.07, 6.45) is -3.68. The number of ether oxygens (including phenoxy) is 2. The number of nitrogens with zero attached hydrogens (tertiary/aromatic N) is 4. The number of amides is 1. The van der Waals surface area contributed by atoms with Crippen LogP contribution in [0.3, 0.4) is 0 Å². The fourth-order valence-electron chi connectivity index (χ4n) is 3.49. The quantitative estimate of drug-likeness (QED) is 0.761. The second-order valence-electron chi connectivity index (χ2n) is 7.01. The van der Waals surface area contributed by atoms with Crippen molar-refractivity contribution < 1.29 is 32.0 Å². The van der Waals surface area contributed by atoms with Gasteiger partial charge in [-0.1, -0.05) is 11.2 Å². The summed E-state index contributed by atoms with van der Waals surface area (Å²) in [5.41, 5.74) is -2.12. The number of aromatic nitrogens is 3. The molecule has 156 valence electrons. The van der Waals surface area contributed by atoms with Crippen LogP contribution in [0.1, 0.15) is 25.2 Å². The van der Waals surface area contributed by atoms with Gasteiger partial charge in [-0.05, 0) is 25.0 Å². The number of carbonyl (C=O) groups is 1. The molecular formula is C18H19F3N4O4. The minimum Gasteiger partial charge on any atom is -0.352 e. The maximum atomic E-state index is 14.1. The smallest absolute Gasteiger partial charge is 0.352 e. The van der Waals surface area contributed by atoms with Gasteiger partial charge in [0.15, 0.2) is 11.7 Å². The summed E-state index contributed by atoms with van der Waals surface area (Å²) in [4.78, 5) is 21.6. The molecule has 0 N–H and O–H groups in total. The van der Waals surface area contributed by atoms with Gasteiger partial charge in [0.25, 0.3) is 0 Å². The van der Waals surface area contributed by atoms with Gasteiger partial charge in [0.1, 0.15) is 5.69 Å². The molecule has 1 amide bonds. The van der Waals surface area contributed by atoms with Gasteiger partial charge in [-0.15, -0.1) is 0 Å². The molecule has 4 heterocycles. The number of alkyl halides is 3. The number of rotatable bonds is 4. The molecule has 0 saturated carbocycles. The summed E-state index contributed by atoms with van der Waals surface area (Å²) in [6.45, 7) is 0.254. The maximum Gasteiger partial charge on any atom is 0.405 e. The molecule has 1 atom stereocenters. The van der Waals surface area contributed by atoms with Crippen molar-refractivity contribution in [3.05, 3.63) is 30.3 Å². The lowest BCUT2D eigenvalue weighted by molar-refractivity contribution is -0.195. The molecule has 4 rings (SSSR count). The SMILES string of the molecule is O=C(CC1OCCCO1)N1CCC(c2nc(-c3ccccn3)no2)(C(F)(F)F)C1. The van der Waals surface area contributed by atoms with Crippen molar-refractivity contribution in [1.82, 2.24) is 20.0 Å².